The maximum atomic E-state index is 12.7. The molecule has 16 heteroatoms. The van der Waals surface area contributed by atoms with Gasteiger partial charge in [0.25, 0.3) is 0 Å². The second-order valence-electron chi connectivity index (χ2n) is 7.89. The van der Waals surface area contributed by atoms with Crippen molar-refractivity contribution < 1.29 is 66.2 Å². The summed E-state index contributed by atoms with van der Waals surface area (Å²) in [6, 6.07) is 0. The minimum atomic E-state index is -6.74. The average molecular weight is 671 g/mol. The molecular weight excluding hydrogens is 641 g/mol. The molecule has 0 aliphatic carbocycles. The van der Waals surface area contributed by atoms with Gasteiger partial charge in [0, 0.05) is 13.2 Å². The van der Waals surface area contributed by atoms with Crippen molar-refractivity contribution in [3.8, 4) is 0 Å². The standard InChI is InChI=1S/C12H26O.2C4H2F7.Sn/c1-3-5-7-9-11-13-12-10-8-6-4-2;2*1-2(5,6)3(7,8)4(9,10)11;/h3-12H2,1-2H3;2*1H2;. The number of ether oxygens (including phenoxy) is 1. The third-order valence-corrected chi connectivity index (χ3v) is 8.57. The SMILES string of the molecule is CCCCCCOCCCCCC.FC(F)(F)C(F)(F)C(F)(F)[CH2][Sn][CH2]C(F)(F)C(F)(F)C(F)(F)F. The zero-order chi connectivity index (χ0) is 28.9. The van der Waals surface area contributed by atoms with Crippen LogP contribution in [0.1, 0.15) is 65.2 Å². The van der Waals surface area contributed by atoms with Crippen LogP contribution in [0.3, 0.4) is 0 Å². The molecule has 0 atom stereocenters. The summed E-state index contributed by atoms with van der Waals surface area (Å²) in [5.41, 5.74) is 0. The molecule has 0 aliphatic rings. The van der Waals surface area contributed by atoms with Gasteiger partial charge in [0.15, 0.2) is 0 Å². The van der Waals surface area contributed by atoms with E-state index < -0.39 is 66.1 Å². The molecule has 0 rings (SSSR count). The van der Waals surface area contributed by atoms with Gasteiger partial charge in [-0.1, -0.05) is 52.4 Å². The van der Waals surface area contributed by atoms with Gasteiger partial charge >= 0.3 is 128 Å². The number of rotatable bonds is 16. The topological polar surface area (TPSA) is 9.23 Å². The number of unbranched alkanes of at least 4 members (excludes halogenated alkanes) is 6. The molecule has 0 saturated carbocycles. The van der Waals surface area contributed by atoms with Crippen LogP contribution in [0.2, 0.25) is 8.87 Å². The molecule has 2 radical (unpaired) electrons. The monoisotopic (exact) mass is 672 g/mol. The van der Waals surface area contributed by atoms with Gasteiger partial charge in [0.05, 0.1) is 0 Å². The van der Waals surface area contributed by atoms with Crippen molar-refractivity contribution in [2.24, 2.45) is 0 Å². The molecule has 0 saturated heterocycles. The molecular formula is C20H30F14OSn. The molecule has 0 aromatic carbocycles. The fourth-order valence-electron chi connectivity index (χ4n) is 2.38. The molecule has 0 N–H and O–H groups in total. The molecule has 0 amide bonds. The molecule has 0 bridgehead atoms. The van der Waals surface area contributed by atoms with E-state index in [2.05, 4.69) is 13.8 Å². The Morgan fingerprint density at radius 2 is 0.778 bits per heavy atom. The van der Waals surface area contributed by atoms with Crippen LogP contribution in [0.4, 0.5) is 61.5 Å². The minimum absolute atomic E-state index is 0.978. The summed E-state index contributed by atoms with van der Waals surface area (Å²) >= 11 is -3.84. The third-order valence-electron chi connectivity index (χ3n) is 4.61. The van der Waals surface area contributed by atoms with Gasteiger partial charge < -0.3 is 4.74 Å². The van der Waals surface area contributed by atoms with E-state index in [-0.39, 0.29) is 0 Å². The van der Waals surface area contributed by atoms with Crippen LogP contribution in [-0.4, -0.2) is 70.4 Å². The fraction of sp³-hybridized carbons (Fsp3) is 1.00. The maximum absolute atomic E-state index is 12.7. The number of hydrogen-bond acceptors (Lipinski definition) is 1. The van der Waals surface area contributed by atoms with Crippen molar-refractivity contribution in [3.63, 3.8) is 0 Å². The summed E-state index contributed by atoms with van der Waals surface area (Å²) < 4.78 is 171. The first-order valence-electron chi connectivity index (χ1n) is 11.1. The Hall–Kier alpha value is -0.221. The Morgan fingerprint density at radius 3 is 1.03 bits per heavy atom. The van der Waals surface area contributed by atoms with E-state index in [4.69, 9.17) is 4.74 Å². The quantitative estimate of drug-likeness (QED) is 0.0904. The molecule has 0 unspecified atom stereocenters. The Bertz CT molecular complexity index is 528. The van der Waals surface area contributed by atoms with Crippen molar-refractivity contribution in [3.05, 3.63) is 0 Å². The Labute approximate surface area is 210 Å². The fourth-order valence-corrected chi connectivity index (χ4v) is 5.79. The Balaban J connectivity index is 0. The summed E-state index contributed by atoms with van der Waals surface area (Å²) in [5, 5.41) is 0. The van der Waals surface area contributed by atoms with Crippen LogP contribution < -0.4 is 0 Å². The zero-order valence-electron chi connectivity index (χ0n) is 19.7. The molecule has 0 spiro atoms. The summed E-state index contributed by atoms with van der Waals surface area (Å²) in [6.45, 7) is 6.44. The van der Waals surface area contributed by atoms with Crippen molar-refractivity contribution in [2.45, 2.75) is 110 Å². The van der Waals surface area contributed by atoms with E-state index in [9.17, 15) is 61.5 Å². The predicted octanol–water partition coefficient (Wildman–Crippen LogP) is 9.36. The van der Waals surface area contributed by atoms with Crippen LogP contribution in [0.5, 0.6) is 0 Å². The first-order valence-corrected chi connectivity index (χ1v) is 15.1. The molecule has 0 heterocycles. The van der Waals surface area contributed by atoms with Crippen LogP contribution in [0, 0.1) is 0 Å². The second kappa shape index (κ2) is 16.0. The number of alkyl halides is 14. The first-order chi connectivity index (χ1) is 16.1. The zero-order valence-corrected chi connectivity index (χ0v) is 22.5. The third kappa shape index (κ3) is 12.5. The van der Waals surface area contributed by atoms with E-state index in [0.29, 0.717) is 0 Å². The van der Waals surface area contributed by atoms with Gasteiger partial charge in [0.1, 0.15) is 0 Å². The number of halogens is 14. The van der Waals surface area contributed by atoms with Crippen LogP contribution >= 0.6 is 0 Å². The summed E-state index contributed by atoms with van der Waals surface area (Å²) in [5.74, 6) is -25.0. The molecule has 0 aliphatic heterocycles. The van der Waals surface area contributed by atoms with Crippen molar-refractivity contribution >= 4 is 21.1 Å². The molecule has 1 nitrogen and oxygen atoms in total. The molecule has 36 heavy (non-hydrogen) atoms. The van der Waals surface area contributed by atoms with Crippen LogP contribution in [-0.2, 0) is 4.74 Å². The van der Waals surface area contributed by atoms with E-state index in [1.54, 1.807) is 0 Å². The van der Waals surface area contributed by atoms with E-state index in [1.807, 2.05) is 0 Å². The van der Waals surface area contributed by atoms with Gasteiger partial charge in [-0.25, -0.2) is 0 Å². The van der Waals surface area contributed by atoms with Crippen molar-refractivity contribution in [1.82, 2.24) is 0 Å². The molecule has 0 aromatic rings. The van der Waals surface area contributed by atoms with E-state index >= 15 is 0 Å². The summed E-state index contributed by atoms with van der Waals surface area (Å²) in [6.07, 6.45) is -2.95. The second-order valence-corrected chi connectivity index (χ2v) is 11.3. The molecule has 218 valence electrons. The van der Waals surface area contributed by atoms with Gasteiger partial charge in [-0.15, -0.1) is 0 Å². The molecule has 0 fully saturated rings. The van der Waals surface area contributed by atoms with Crippen molar-refractivity contribution in [2.75, 3.05) is 13.2 Å². The predicted molar refractivity (Wildman–Crippen MR) is 106 cm³/mol. The normalized spacial score (nSPS) is 14.0. The van der Waals surface area contributed by atoms with E-state index in [1.165, 1.54) is 51.4 Å². The van der Waals surface area contributed by atoms with Crippen molar-refractivity contribution in [1.29, 1.82) is 0 Å². The number of hydrogen-bond donors (Lipinski definition) is 0. The summed E-state index contributed by atoms with van der Waals surface area (Å²) in [4.78, 5) is 0. The van der Waals surface area contributed by atoms with E-state index in [0.717, 1.165) is 13.2 Å². The Morgan fingerprint density at radius 1 is 0.472 bits per heavy atom. The van der Waals surface area contributed by atoms with Gasteiger partial charge in [-0.05, 0) is 12.8 Å². The summed E-state index contributed by atoms with van der Waals surface area (Å²) in [7, 11) is 0. The Kier molecular flexibility index (Phi) is 16.9. The molecule has 0 aromatic heterocycles. The first kappa shape index (κ1) is 37.9. The van der Waals surface area contributed by atoms with Gasteiger partial charge in [-0.2, -0.15) is 0 Å². The van der Waals surface area contributed by atoms with Crippen LogP contribution in [0.15, 0.2) is 0 Å². The van der Waals surface area contributed by atoms with Gasteiger partial charge in [0.2, 0.25) is 0 Å². The van der Waals surface area contributed by atoms with Gasteiger partial charge in [-0.3, -0.25) is 0 Å². The van der Waals surface area contributed by atoms with Crippen LogP contribution in [0.25, 0.3) is 0 Å². The average Bonchev–Trinajstić information content (AvgIpc) is 2.71.